The van der Waals surface area contributed by atoms with E-state index in [9.17, 15) is 0 Å². The summed E-state index contributed by atoms with van der Waals surface area (Å²) in [6.07, 6.45) is 7.54. The molecule has 5 nitrogen and oxygen atoms in total. The van der Waals surface area contributed by atoms with E-state index in [0.29, 0.717) is 6.04 Å². The van der Waals surface area contributed by atoms with Crippen LogP contribution in [-0.4, -0.2) is 26.4 Å². The molecule has 0 radical (unpaired) electrons. The molecule has 27 heavy (non-hydrogen) atoms. The quantitative estimate of drug-likeness (QED) is 0.718. The highest BCUT2D eigenvalue weighted by Crippen LogP contribution is 2.32. The summed E-state index contributed by atoms with van der Waals surface area (Å²) in [5.74, 6) is 1.65. The van der Waals surface area contributed by atoms with Gasteiger partial charge < -0.3 is 5.32 Å². The Morgan fingerprint density at radius 1 is 1.00 bits per heavy atom. The number of hydrogen-bond acceptors (Lipinski definition) is 5. The Morgan fingerprint density at radius 2 is 1.96 bits per heavy atom. The van der Waals surface area contributed by atoms with Gasteiger partial charge in [0.2, 0.25) is 0 Å². The molecule has 0 spiro atoms. The molecule has 5 heteroatoms. The first-order chi connectivity index (χ1) is 13.3. The third kappa shape index (κ3) is 4.49. The zero-order chi connectivity index (χ0) is 18.5. The minimum Gasteiger partial charge on any atom is -0.325 e. The number of pyridine rings is 3. The van der Waals surface area contributed by atoms with Crippen LogP contribution >= 0.6 is 0 Å². The van der Waals surface area contributed by atoms with Gasteiger partial charge in [-0.1, -0.05) is 24.6 Å². The van der Waals surface area contributed by atoms with Crippen LogP contribution in [0.5, 0.6) is 0 Å². The van der Waals surface area contributed by atoms with E-state index < -0.39 is 0 Å². The lowest BCUT2D eigenvalue weighted by Crippen LogP contribution is -2.33. The lowest BCUT2D eigenvalue weighted by Gasteiger charge is -2.35. The second-order valence-corrected chi connectivity index (χ2v) is 7.07. The van der Waals surface area contributed by atoms with E-state index in [-0.39, 0.29) is 0 Å². The van der Waals surface area contributed by atoms with Crippen molar-refractivity contribution in [3.05, 3.63) is 77.9 Å². The molecule has 1 aliphatic rings. The largest absolute Gasteiger partial charge is 0.325 e. The SMILES string of the molecule is Cc1cccc(Nc2ccc([C@H]3CCCCN3Cc3ccccn3)cn2)n1. The van der Waals surface area contributed by atoms with Crippen molar-refractivity contribution in [2.45, 2.75) is 38.8 Å². The molecule has 138 valence electrons. The number of piperidine rings is 1. The van der Waals surface area contributed by atoms with Gasteiger partial charge >= 0.3 is 0 Å². The van der Waals surface area contributed by atoms with Crippen LogP contribution in [0.25, 0.3) is 0 Å². The number of aryl methyl sites for hydroxylation is 1. The maximum Gasteiger partial charge on any atom is 0.131 e. The Morgan fingerprint density at radius 3 is 2.74 bits per heavy atom. The molecule has 0 aliphatic carbocycles. The van der Waals surface area contributed by atoms with Gasteiger partial charge in [-0.3, -0.25) is 9.88 Å². The van der Waals surface area contributed by atoms with Gasteiger partial charge in [-0.15, -0.1) is 0 Å². The van der Waals surface area contributed by atoms with Crippen LogP contribution in [0.2, 0.25) is 0 Å². The molecular formula is C22H25N5. The average molecular weight is 359 g/mol. The number of nitrogens with zero attached hydrogens (tertiary/aromatic N) is 4. The van der Waals surface area contributed by atoms with Crippen LogP contribution < -0.4 is 5.32 Å². The van der Waals surface area contributed by atoms with Crippen molar-refractivity contribution >= 4 is 11.6 Å². The molecule has 1 N–H and O–H groups in total. The van der Waals surface area contributed by atoms with Crippen molar-refractivity contribution in [2.24, 2.45) is 0 Å². The van der Waals surface area contributed by atoms with Gasteiger partial charge in [0.1, 0.15) is 11.6 Å². The smallest absolute Gasteiger partial charge is 0.131 e. The number of likely N-dealkylation sites (tertiary alicyclic amines) is 1. The first kappa shape index (κ1) is 17.6. The van der Waals surface area contributed by atoms with Crippen molar-refractivity contribution in [1.29, 1.82) is 0 Å². The highest BCUT2D eigenvalue weighted by Gasteiger charge is 2.24. The van der Waals surface area contributed by atoms with Crippen LogP contribution in [0.1, 0.15) is 42.3 Å². The molecule has 3 aromatic heterocycles. The monoisotopic (exact) mass is 359 g/mol. The van der Waals surface area contributed by atoms with E-state index in [1.54, 1.807) is 0 Å². The van der Waals surface area contributed by atoms with Crippen LogP contribution in [0.4, 0.5) is 11.6 Å². The fourth-order valence-corrected chi connectivity index (χ4v) is 3.68. The van der Waals surface area contributed by atoms with Crippen LogP contribution in [0.15, 0.2) is 60.9 Å². The topological polar surface area (TPSA) is 53.9 Å². The van der Waals surface area contributed by atoms with Gasteiger partial charge in [-0.25, -0.2) is 9.97 Å². The van der Waals surface area contributed by atoms with Gasteiger partial charge in [-0.05, 0) is 62.2 Å². The molecule has 4 heterocycles. The summed E-state index contributed by atoms with van der Waals surface area (Å²) >= 11 is 0. The molecule has 0 unspecified atom stereocenters. The average Bonchev–Trinajstić information content (AvgIpc) is 2.70. The molecule has 0 bridgehead atoms. The Bertz CT molecular complexity index is 863. The van der Waals surface area contributed by atoms with E-state index in [1.807, 2.05) is 49.6 Å². The standard InChI is InChI=1S/C22H25N5/c1-17-7-6-10-22(25-17)26-21-12-11-18(15-24-21)20-9-3-5-14-27(20)16-19-8-2-4-13-23-19/h2,4,6-8,10-13,15,20H,3,5,9,14,16H2,1H3,(H,24,25,26)/t20-/m1/s1. The summed E-state index contributed by atoms with van der Waals surface area (Å²) in [5.41, 5.74) is 3.39. The number of rotatable bonds is 5. The Kier molecular flexibility index (Phi) is 5.39. The summed E-state index contributed by atoms with van der Waals surface area (Å²) in [6, 6.07) is 16.7. The summed E-state index contributed by atoms with van der Waals surface area (Å²) in [4.78, 5) is 16.1. The molecule has 0 amide bonds. The maximum atomic E-state index is 4.63. The fourth-order valence-electron chi connectivity index (χ4n) is 3.68. The van der Waals surface area contributed by atoms with Crippen molar-refractivity contribution in [3.63, 3.8) is 0 Å². The number of hydrogen-bond donors (Lipinski definition) is 1. The van der Waals surface area contributed by atoms with Crippen LogP contribution in [-0.2, 0) is 6.54 Å². The number of anilines is 2. The van der Waals surface area contributed by atoms with Gasteiger partial charge in [0.05, 0.1) is 5.69 Å². The summed E-state index contributed by atoms with van der Waals surface area (Å²) < 4.78 is 0. The predicted octanol–water partition coefficient (Wildman–Crippen LogP) is 4.65. The van der Waals surface area contributed by atoms with Crippen molar-refractivity contribution in [2.75, 3.05) is 11.9 Å². The van der Waals surface area contributed by atoms with E-state index in [1.165, 1.54) is 24.8 Å². The minimum atomic E-state index is 0.402. The summed E-state index contributed by atoms with van der Waals surface area (Å²) in [7, 11) is 0. The normalized spacial score (nSPS) is 17.6. The molecule has 4 rings (SSSR count). The zero-order valence-corrected chi connectivity index (χ0v) is 15.7. The molecule has 1 atom stereocenters. The highest BCUT2D eigenvalue weighted by atomic mass is 15.2. The molecule has 0 saturated carbocycles. The fraction of sp³-hybridized carbons (Fsp3) is 0.318. The van der Waals surface area contributed by atoms with E-state index in [0.717, 1.165) is 36.1 Å². The van der Waals surface area contributed by atoms with Gasteiger partial charge in [0.15, 0.2) is 0 Å². The predicted molar refractivity (Wildman–Crippen MR) is 108 cm³/mol. The Balaban J connectivity index is 1.47. The summed E-state index contributed by atoms with van der Waals surface area (Å²) in [6.45, 7) is 3.98. The lowest BCUT2D eigenvalue weighted by atomic mass is 9.96. The molecule has 1 aliphatic heterocycles. The Hall–Kier alpha value is -2.79. The Labute approximate surface area is 160 Å². The number of nitrogens with one attached hydrogen (secondary N) is 1. The minimum absolute atomic E-state index is 0.402. The molecule has 0 aromatic carbocycles. The highest BCUT2D eigenvalue weighted by molar-refractivity contribution is 5.51. The number of aromatic nitrogens is 3. The van der Waals surface area contributed by atoms with E-state index in [4.69, 9.17) is 0 Å². The molecular weight excluding hydrogens is 334 g/mol. The molecule has 1 saturated heterocycles. The zero-order valence-electron chi connectivity index (χ0n) is 15.7. The lowest BCUT2D eigenvalue weighted by molar-refractivity contribution is 0.138. The third-order valence-electron chi connectivity index (χ3n) is 5.02. The van der Waals surface area contributed by atoms with Gasteiger partial charge in [0.25, 0.3) is 0 Å². The first-order valence-corrected chi connectivity index (χ1v) is 9.58. The van der Waals surface area contributed by atoms with Gasteiger partial charge in [-0.2, -0.15) is 0 Å². The first-order valence-electron chi connectivity index (χ1n) is 9.58. The van der Waals surface area contributed by atoms with Crippen LogP contribution in [0, 0.1) is 6.92 Å². The second-order valence-electron chi connectivity index (χ2n) is 7.07. The van der Waals surface area contributed by atoms with Crippen LogP contribution in [0.3, 0.4) is 0 Å². The van der Waals surface area contributed by atoms with E-state index >= 15 is 0 Å². The maximum absolute atomic E-state index is 4.63. The molecule has 1 fully saturated rings. The van der Waals surface area contributed by atoms with Crippen molar-refractivity contribution in [1.82, 2.24) is 19.9 Å². The third-order valence-corrected chi connectivity index (χ3v) is 5.02. The van der Waals surface area contributed by atoms with Crippen molar-refractivity contribution in [3.8, 4) is 0 Å². The summed E-state index contributed by atoms with van der Waals surface area (Å²) in [5, 5.41) is 3.28. The second kappa shape index (κ2) is 8.27. The van der Waals surface area contributed by atoms with Gasteiger partial charge in [0, 0.05) is 30.7 Å². The van der Waals surface area contributed by atoms with E-state index in [2.05, 4.69) is 43.4 Å². The molecule has 3 aromatic rings. The van der Waals surface area contributed by atoms with Crippen molar-refractivity contribution < 1.29 is 0 Å².